The lowest BCUT2D eigenvalue weighted by Gasteiger charge is -2.30. The van der Waals surface area contributed by atoms with Gasteiger partial charge in [-0.15, -0.1) is 0 Å². The molecule has 0 saturated carbocycles. The molecule has 0 aromatic heterocycles. The molecular formula is C19H28N2O5S. The van der Waals surface area contributed by atoms with Gasteiger partial charge in [-0.3, -0.25) is 9.59 Å². The lowest BCUT2D eigenvalue weighted by Crippen LogP contribution is -2.39. The van der Waals surface area contributed by atoms with Gasteiger partial charge in [0.1, 0.15) is 0 Å². The van der Waals surface area contributed by atoms with Crippen molar-refractivity contribution in [3.8, 4) is 0 Å². The lowest BCUT2D eigenvalue weighted by atomic mass is 9.90. The molecule has 1 unspecified atom stereocenters. The number of amides is 1. The van der Waals surface area contributed by atoms with Crippen molar-refractivity contribution in [2.45, 2.75) is 44.9 Å². The van der Waals surface area contributed by atoms with Crippen LogP contribution in [0.15, 0.2) is 29.2 Å². The molecule has 2 N–H and O–H groups in total. The fraction of sp³-hybridized carbons (Fsp3) is 0.579. The smallest absolute Gasteiger partial charge is 0.309 e. The first-order valence-electron chi connectivity index (χ1n) is 9.16. The van der Waals surface area contributed by atoms with Crippen LogP contribution in [0.1, 0.15) is 50.4 Å². The Morgan fingerprint density at radius 2 is 1.89 bits per heavy atom. The third-order valence-corrected chi connectivity index (χ3v) is 6.87. The molecule has 0 spiro atoms. The Bertz CT molecular complexity index is 787. The predicted molar refractivity (Wildman–Crippen MR) is 102 cm³/mol. The number of aliphatic carboxylic acids is 1. The first-order valence-corrected chi connectivity index (χ1v) is 10.6. The number of hydrogen-bond donors (Lipinski definition) is 2. The van der Waals surface area contributed by atoms with E-state index in [0.717, 1.165) is 12.8 Å². The fourth-order valence-corrected chi connectivity index (χ4v) is 4.59. The van der Waals surface area contributed by atoms with Gasteiger partial charge in [0.2, 0.25) is 10.0 Å². The highest BCUT2D eigenvalue weighted by molar-refractivity contribution is 7.89. The summed E-state index contributed by atoms with van der Waals surface area (Å²) in [6, 6.07) is 5.87. The van der Waals surface area contributed by atoms with Crippen molar-refractivity contribution < 1.29 is 23.1 Å². The number of nitrogens with one attached hydrogen (secondary N) is 1. The number of sulfonamides is 1. The van der Waals surface area contributed by atoms with Crippen LogP contribution in [0.4, 0.5) is 0 Å². The number of hydrogen-bond acceptors (Lipinski definition) is 4. The highest BCUT2D eigenvalue weighted by atomic mass is 32.2. The van der Waals surface area contributed by atoms with Gasteiger partial charge in [-0.25, -0.2) is 8.42 Å². The maximum absolute atomic E-state index is 12.7. The van der Waals surface area contributed by atoms with Gasteiger partial charge in [-0.2, -0.15) is 4.31 Å². The average Bonchev–Trinajstić information content (AvgIpc) is 2.61. The Labute approximate surface area is 160 Å². The van der Waals surface area contributed by atoms with Gasteiger partial charge in [0.25, 0.3) is 5.91 Å². The van der Waals surface area contributed by atoms with Gasteiger partial charge in [-0.05, 0) is 63.3 Å². The minimum Gasteiger partial charge on any atom is -0.481 e. The van der Waals surface area contributed by atoms with Gasteiger partial charge < -0.3 is 10.4 Å². The van der Waals surface area contributed by atoms with Crippen molar-refractivity contribution >= 4 is 21.9 Å². The molecule has 1 fully saturated rings. The van der Waals surface area contributed by atoms with E-state index >= 15 is 0 Å². The molecule has 1 aliphatic rings. The van der Waals surface area contributed by atoms with Crippen LogP contribution in [0.25, 0.3) is 0 Å². The quantitative estimate of drug-likeness (QED) is 0.736. The second-order valence-electron chi connectivity index (χ2n) is 7.83. The molecule has 1 amide bonds. The molecule has 150 valence electrons. The van der Waals surface area contributed by atoms with E-state index in [-0.39, 0.29) is 17.3 Å². The Kier molecular flexibility index (Phi) is 6.64. The highest BCUT2D eigenvalue weighted by Gasteiger charge is 2.29. The number of carbonyl (C=O) groups excluding carboxylic acids is 1. The third kappa shape index (κ3) is 5.29. The van der Waals surface area contributed by atoms with E-state index in [2.05, 4.69) is 5.32 Å². The molecule has 2 rings (SSSR count). The third-order valence-electron chi connectivity index (χ3n) is 4.99. The largest absolute Gasteiger partial charge is 0.481 e. The van der Waals surface area contributed by atoms with Crippen molar-refractivity contribution in [1.82, 2.24) is 9.62 Å². The highest BCUT2D eigenvalue weighted by Crippen LogP contribution is 2.24. The fourth-order valence-electron chi connectivity index (χ4n) is 2.99. The Balaban J connectivity index is 2.00. The number of piperidine rings is 1. The molecule has 0 radical (unpaired) electrons. The molecule has 7 nitrogen and oxygen atoms in total. The molecule has 1 heterocycles. The first kappa shape index (κ1) is 21.4. The Hall–Kier alpha value is -1.93. The minimum absolute atomic E-state index is 0.181. The van der Waals surface area contributed by atoms with E-state index in [0.29, 0.717) is 31.0 Å². The number of rotatable bonds is 7. The monoisotopic (exact) mass is 396 g/mol. The molecular weight excluding hydrogens is 368 g/mol. The topological polar surface area (TPSA) is 104 Å². The van der Waals surface area contributed by atoms with Crippen molar-refractivity contribution in [3.05, 3.63) is 29.8 Å². The summed E-state index contributed by atoms with van der Waals surface area (Å²) in [7, 11) is -3.55. The minimum atomic E-state index is -3.55. The standard InChI is InChI=1S/C19H28N2O5S/c1-14-5-4-12-21(13-14)27(25,26)16-8-6-15(7-9-16)17(22)20-11-10-19(2,3)18(23)24/h6-9,14H,4-5,10-13H2,1-3H3,(H,20,22)(H,23,24). The lowest BCUT2D eigenvalue weighted by molar-refractivity contribution is -0.147. The van der Waals surface area contributed by atoms with Gasteiger partial charge in [0, 0.05) is 25.2 Å². The summed E-state index contributed by atoms with van der Waals surface area (Å²) in [6.07, 6.45) is 2.19. The summed E-state index contributed by atoms with van der Waals surface area (Å²) >= 11 is 0. The van der Waals surface area contributed by atoms with Crippen LogP contribution in [0.2, 0.25) is 0 Å². The van der Waals surface area contributed by atoms with Crippen LogP contribution in [-0.4, -0.2) is 49.3 Å². The molecule has 1 aromatic carbocycles. The maximum atomic E-state index is 12.7. The number of carboxylic acid groups (broad SMARTS) is 1. The number of nitrogens with zero attached hydrogens (tertiary/aromatic N) is 1. The molecule has 1 saturated heterocycles. The van der Waals surface area contributed by atoms with Crippen LogP contribution in [0.3, 0.4) is 0 Å². The zero-order valence-electron chi connectivity index (χ0n) is 16.1. The Morgan fingerprint density at radius 3 is 2.44 bits per heavy atom. The molecule has 1 aliphatic heterocycles. The van der Waals surface area contributed by atoms with E-state index in [1.807, 2.05) is 6.92 Å². The average molecular weight is 397 g/mol. The van der Waals surface area contributed by atoms with Gasteiger partial charge >= 0.3 is 5.97 Å². The Morgan fingerprint density at radius 1 is 1.26 bits per heavy atom. The van der Waals surface area contributed by atoms with E-state index in [9.17, 15) is 18.0 Å². The van der Waals surface area contributed by atoms with Crippen LogP contribution >= 0.6 is 0 Å². The maximum Gasteiger partial charge on any atom is 0.309 e. The number of carboxylic acids is 1. The zero-order chi connectivity index (χ0) is 20.2. The van der Waals surface area contributed by atoms with Crippen molar-refractivity contribution in [1.29, 1.82) is 0 Å². The number of carbonyl (C=O) groups is 2. The molecule has 27 heavy (non-hydrogen) atoms. The first-order chi connectivity index (χ1) is 12.5. The summed E-state index contributed by atoms with van der Waals surface area (Å²) in [5.41, 5.74) is -0.578. The van der Waals surface area contributed by atoms with Gasteiger partial charge in [-0.1, -0.05) is 6.92 Å². The van der Waals surface area contributed by atoms with E-state index < -0.39 is 21.4 Å². The van der Waals surface area contributed by atoms with Crippen LogP contribution in [0.5, 0.6) is 0 Å². The summed E-state index contributed by atoms with van der Waals surface area (Å²) < 4.78 is 27.0. The van der Waals surface area contributed by atoms with Crippen LogP contribution < -0.4 is 5.32 Å². The summed E-state index contributed by atoms with van der Waals surface area (Å²) in [5.74, 6) is -0.932. The second-order valence-corrected chi connectivity index (χ2v) is 9.77. The molecule has 1 aromatic rings. The molecule has 0 bridgehead atoms. The van der Waals surface area contributed by atoms with Crippen molar-refractivity contribution in [3.63, 3.8) is 0 Å². The molecule has 8 heteroatoms. The van der Waals surface area contributed by atoms with E-state index in [4.69, 9.17) is 5.11 Å². The van der Waals surface area contributed by atoms with Gasteiger partial charge in [0.05, 0.1) is 10.3 Å². The number of benzene rings is 1. The second kappa shape index (κ2) is 8.39. The van der Waals surface area contributed by atoms with Gasteiger partial charge in [0.15, 0.2) is 0 Å². The van der Waals surface area contributed by atoms with Crippen LogP contribution in [0, 0.1) is 11.3 Å². The van der Waals surface area contributed by atoms with E-state index in [1.165, 1.54) is 28.6 Å². The summed E-state index contributed by atoms with van der Waals surface area (Å²) in [6.45, 7) is 6.51. The van der Waals surface area contributed by atoms with Crippen LogP contribution in [-0.2, 0) is 14.8 Å². The zero-order valence-corrected chi connectivity index (χ0v) is 16.9. The van der Waals surface area contributed by atoms with Crippen molar-refractivity contribution in [2.24, 2.45) is 11.3 Å². The normalized spacial score (nSPS) is 18.9. The summed E-state index contributed by atoms with van der Waals surface area (Å²) in [4.78, 5) is 23.4. The van der Waals surface area contributed by atoms with Crippen molar-refractivity contribution in [2.75, 3.05) is 19.6 Å². The van der Waals surface area contributed by atoms with E-state index in [1.54, 1.807) is 13.8 Å². The molecule has 0 aliphatic carbocycles. The SMILES string of the molecule is CC1CCCN(S(=O)(=O)c2ccc(C(=O)NCCC(C)(C)C(=O)O)cc2)C1. The summed E-state index contributed by atoms with van der Waals surface area (Å²) in [5, 5.41) is 11.8. The molecule has 1 atom stereocenters. The predicted octanol–water partition coefficient (Wildman–Crippen LogP) is 2.34.